The molecule has 2 fully saturated rings. The van der Waals surface area contributed by atoms with Crippen molar-refractivity contribution in [1.82, 2.24) is 15.1 Å². The second-order valence-electron chi connectivity index (χ2n) is 7.96. The van der Waals surface area contributed by atoms with E-state index in [1.54, 1.807) is 0 Å². The van der Waals surface area contributed by atoms with Crippen molar-refractivity contribution in [2.24, 2.45) is 11.8 Å². The summed E-state index contributed by atoms with van der Waals surface area (Å²) < 4.78 is 0. The molecule has 2 aliphatic heterocycles. The van der Waals surface area contributed by atoms with Gasteiger partial charge in [0.15, 0.2) is 0 Å². The van der Waals surface area contributed by atoms with Gasteiger partial charge in [0.25, 0.3) is 0 Å². The minimum absolute atomic E-state index is 0. The van der Waals surface area contributed by atoms with E-state index in [1.165, 1.54) is 18.4 Å². The zero-order chi connectivity index (χ0) is 17.6. The summed E-state index contributed by atoms with van der Waals surface area (Å²) in [6.07, 6.45) is 4.29. The number of nitrogens with one attached hydrogen (secondary N) is 1. The van der Waals surface area contributed by atoms with Gasteiger partial charge in [0, 0.05) is 39.1 Å². The Balaban J connectivity index is 0.00000243. The lowest BCUT2D eigenvalue weighted by molar-refractivity contribution is -0.133. The van der Waals surface area contributed by atoms with Crippen molar-refractivity contribution < 1.29 is 4.79 Å². The van der Waals surface area contributed by atoms with E-state index >= 15 is 0 Å². The molecule has 1 N–H and O–H groups in total. The number of halogens is 1. The van der Waals surface area contributed by atoms with Gasteiger partial charge in [-0.1, -0.05) is 37.3 Å². The molecule has 1 aromatic rings. The first-order valence-electron chi connectivity index (χ1n) is 9.86. The minimum atomic E-state index is 0. The summed E-state index contributed by atoms with van der Waals surface area (Å²) in [5.74, 6) is 1.46. The molecule has 1 amide bonds. The molecule has 2 saturated heterocycles. The average molecular weight is 380 g/mol. The monoisotopic (exact) mass is 379 g/mol. The summed E-state index contributed by atoms with van der Waals surface area (Å²) in [6, 6.07) is 11.0. The Morgan fingerprint density at radius 2 is 2.08 bits per heavy atom. The van der Waals surface area contributed by atoms with Gasteiger partial charge in [-0.3, -0.25) is 9.69 Å². The fourth-order valence-electron chi connectivity index (χ4n) is 4.27. The SMILES string of the molecule is CC(CC(=O)N(C)C1CCN(Cc2ccccc2)C1)C1CCCNC1.Cl. The van der Waals surface area contributed by atoms with Crippen LogP contribution >= 0.6 is 12.4 Å². The van der Waals surface area contributed by atoms with E-state index in [0.717, 1.165) is 39.1 Å². The van der Waals surface area contributed by atoms with E-state index in [0.29, 0.717) is 30.2 Å². The predicted molar refractivity (Wildman–Crippen MR) is 110 cm³/mol. The van der Waals surface area contributed by atoms with E-state index in [-0.39, 0.29) is 12.4 Å². The average Bonchev–Trinajstić information content (AvgIpc) is 3.11. The number of rotatable bonds is 6. The van der Waals surface area contributed by atoms with Crippen LogP contribution in [0.1, 0.15) is 38.2 Å². The van der Waals surface area contributed by atoms with Crippen LogP contribution < -0.4 is 5.32 Å². The van der Waals surface area contributed by atoms with Gasteiger partial charge in [0.2, 0.25) is 5.91 Å². The zero-order valence-corrected chi connectivity index (χ0v) is 17.0. The molecule has 0 radical (unpaired) electrons. The highest BCUT2D eigenvalue weighted by Crippen LogP contribution is 2.24. The van der Waals surface area contributed by atoms with Crippen molar-refractivity contribution in [3.8, 4) is 0 Å². The van der Waals surface area contributed by atoms with Gasteiger partial charge in [0.1, 0.15) is 0 Å². The molecular formula is C21H34ClN3O. The Labute approximate surface area is 164 Å². The van der Waals surface area contributed by atoms with Crippen LogP contribution in [0.25, 0.3) is 0 Å². The largest absolute Gasteiger partial charge is 0.341 e. The van der Waals surface area contributed by atoms with Gasteiger partial charge in [-0.2, -0.15) is 0 Å². The van der Waals surface area contributed by atoms with E-state index in [1.807, 2.05) is 11.9 Å². The first-order valence-corrected chi connectivity index (χ1v) is 9.86. The first kappa shape index (κ1) is 21.2. The van der Waals surface area contributed by atoms with Crippen LogP contribution in [-0.2, 0) is 11.3 Å². The maximum absolute atomic E-state index is 12.7. The summed E-state index contributed by atoms with van der Waals surface area (Å²) >= 11 is 0. The maximum Gasteiger partial charge on any atom is 0.222 e. The highest BCUT2D eigenvalue weighted by Gasteiger charge is 2.30. The molecule has 0 saturated carbocycles. The number of carbonyl (C=O) groups is 1. The number of piperidine rings is 1. The third kappa shape index (κ3) is 5.70. The van der Waals surface area contributed by atoms with Gasteiger partial charge in [-0.15, -0.1) is 12.4 Å². The van der Waals surface area contributed by atoms with Crippen LogP contribution in [0, 0.1) is 11.8 Å². The van der Waals surface area contributed by atoms with Crippen LogP contribution in [0.4, 0.5) is 0 Å². The maximum atomic E-state index is 12.7. The van der Waals surface area contributed by atoms with E-state index in [2.05, 4.69) is 47.5 Å². The smallest absolute Gasteiger partial charge is 0.222 e. The van der Waals surface area contributed by atoms with Gasteiger partial charge >= 0.3 is 0 Å². The second-order valence-corrected chi connectivity index (χ2v) is 7.96. The lowest BCUT2D eigenvalue weighted by Crippen LogP contribution is -2.41. The number of hydrogen-bond donors (Lipinski definition) is 1. The molecule has 0 bridgehead atoms. The van der Waals surface area contributed by atoms with E-state index in [4.69, 9.17) is 0 Å². The summed E-state index contributed by atoms with van der Waals surface area (Å²) in [6.45, 7) is 7.53. The van der Waals surface area contributed by atoms with Gasteiger partial charge in [-0.25, -0.2) is 0 Å². The van der Waals surface area contributed by atoms with Crippen LogP contribution in [0.2, 0.25) is 0 Å². The lowest BCUT2D eigenvalue weighted by Gasteiger charge is -2.31. The Bertz CT molecular complexity index is 547. The lowest BCUT2D eigenvalue weighted by atomic mass is 9.85. The van der Waals surface area contributed by atoms with Crippen molar-refractivity contribution in [3.63, 3.8) is 0 Å². The van der Waals surface area contributed by atoms with Gasteiger partial charge < -0.3 is 10.2 Å². The molecule has 2 heterocycles. The van der Waals surface area contributed by atoms with Crippen molar-refractivity contribution in [2.75, 3.05) is 33.2 Å². The fourth-order valence-corrected chi connectivity index (χ4v) is 4.27. The number of likely N-dealkylation sites (N-methyl/N-ethyl adjacent to an activating group) is 1. The van der Waals surface area contributed by atoms with Crippen LogP contribution in [0.5, 0.6) is 0 Å². The minimum Gasteiger partial charge on any atom is -0.341 e. The van der Waals surface area contributed by atoms with Crippen molar-refractivity contribution in [1.29, 1.82) is 0 Å². The van der Waals surface area contributed by atoms with Crippen molar-refractivity contribution in [3.05, 3.63) is 35.9 Å². The molecule has 1 aromatic carbocycles. The van der Waals surface area contributed by atoms with Crippen LogP contribution in [-0.4, -0.2) is 55.0 Å². The number of benzene rings is 1. The molecule has 2 aliphatic rings. The summed E-state index contributed by atoms with van der Waals surface area (Å²) in [4.78, 5) is 17.2. The number of amides is 1. The first-order chi connectivity index (χ1) is 12.1. The second kappa shape index (κ2) is 10.3. The Kier molecular flexibility index (Phi) is 8.39. The molecule has 146 valence electrons. The normalized spacial score (nSPS) is 24.7. The number of nitrogens with zero attached hydrogens (tertiary/aromatic N) is 2. The number of carbonyl (C=O) groups excluding carboxylic acids is 1. The highest BCUT2D eigenvalue weighted by molar-refractivity contribution is 5.85. The standard InChI is InChI=1S/C21H33N3O.ClH/c1-17(19-9-6-11-22-14-19)13-21(25)23(2)20-10-12-24(16-20)15-18-7-4-3-5-8-18;/h3-5,7-8,17,19-20,22H,6,9-16H2,1-2H3;1H. The van der Waals surface area contributed by atoms with E-state index in [9.17, 15) is 4.79 Å². The van der Waals surface area contributed by atoms with Crippen LogP contribution in [0.3, 0.4) is 0 Å². The molecule has 0 aliphatic carbocycles. The molecule has 26 heavy (non-hydrogen) atoms. The molecule has 4 nitrogen and oxygen atoms in total. The Hall–Kier alpha value is -1.10. The molecule has 3 unspecified atom stereocenters. The summed E-state index contributed by atoms with van der Waals surface area (Å²) in [5, 5.41) is 3.47. The zero-order valence-electron chi connectivity index (χ0n) is 16.2. The van der Waals surface area contributed by atoms with Crippen LogP contribution in [0.15, 0.2) is 30.3 Å². The molecular weight excluding hydrogens is 346 g/mol. The Morgan fingerprint density at radius 3 is 2.77 bits per heavy atom. The van der Waals surface area contributed by atoms with Gasteiger partial charge in [-0.05, 0) is 49.8 Å². The topological polar surface area (TPSA) is 35.6 Å². The molecule has 0 aromatic heterocycles. The predicted octanol–water partition coefficient (Wildman–Crippen LogP) is 3.17. The van der Waals surface area contributed by atoms with E-state index < -0.39 is 0 Å². The number of hydrogen-bond acceptors (Lipinski definition) is 3. The van der Waals surface area contributed by atoms with Crippen molar-refractivity contribution >= 4 is 18.3 Å². The fraction of sp³-hybridized carbons (Fsp3) is 0.667. The highest BCUT2D eigenvalue weighted by atomic mass is 35.5. The molecule has 3 atom stereocenters. The summed E-state index contributed by atoms with van der Waals surface area (Å²) in [5.41, 5.74) is 1.36. The third-order valence-corrected chi connectivity index (χ3v) is 6.07. The van der Waals surface area contributed by atoms with Gasteiger partial charge in [0.05, 0.1) is 0 Å². The molecule has 3 rings (SSSR count). The third-order valence-electron chi connectivity index (χ3n) is 6.07. The number of likely N-dealkylation sites (tertiary alicyclic amines) is 1. The molecule has 5 heteroatoms. The molecule has 0 spiro atoms. The summed E-state index contributed by atoms with van der Waals surface area (Å²) in [7, 11) is 2.00. The Morgan fingerprint density at radius 1 is 1.31 bits per heavy atom. The van der Waals surface area contributed by atoms with Crippen molar-refractivity contribution in [2.45, 2.75) is 45.2 Å². The quantitative estimate of drug-likeness (QED) is 0.824.